The van der Waals surface area contributed by atoms with Crippen LogP contribution in [0.2, 0.25) is 0 Å². The van der Waals surface area contributed by atoms with Crippen molar-refractivity contribution in [2.24, 2.45) is 5.41 Å². The highest BCUT2D eigenvalue weighted by molar-refractivity contribution is 5.34. The van der Waals surface area contributed by atoms with Crippen molar-refractivity contribution in [3.8, 4) is 6.07 Å². The van der Waals surface area contributed by atoms with Gasteiger partial charge in [0.05, 0.1) is 5.56 Å². The van der Waals surface area contributed by atoms with Crippen LogP contribution in [0.1, 0.15) is 49.4 Å². The molecule has 0 spiro atoms. The third-order valence-corrected chi connectivity index (χ3v) is 4.79. The first kappa shape index (κ1) is 19.1. The molecular formula is C21H25FN2O. The number of nitriles is 1. The van der Waals surface area contributed by atoms with E-state index >= 15 is 0 Å². The van der Waals surface area contributed by atoms with Gasteiger partial charge in [-0.05, 0) is 35.6 Å². The lowest BCUT2D eigenvalue weighted by molar-refractivity contribution is 0.128. The van der Waals surface area contributed by atoms with Gasteiger partial charge in [0.25, 0.3) is 0 Å². The van der Waals surface area contributed by atoms with Gasteiger partial charge in [0.1, 0.15) is 11.9 Å². The van der Waals surface area contributed by atoms with Crippen molar-refractivity contribution < 1.29 is 9.50 Å². The van der Waals surface area contributed by atoms with E-state index in [1.54, 1.807) is 6.07 Å². The van der Waals surface area contributed by atoms with Crippen LogP contribution in [0.15, 0.2) is 48.5 Å². The summed E-state index contributed by atoms with van der Waals surface area (Å²) in [5.41, 5.74) is 1.72. The van der Waals surface area contributed by atoms with Crippen LogP contribution in [0.3, 0.4) is 0 Å². The van der Waals surface area contributed by atoms with Crippen molar-refractivity contribution in [3.05, 3.63) is 71.0 Å². The van der Waals surface area contributed by atoms with Gasteiger partial charge in [-0.25, -0.2) is 4.39 Å². The van der Waals surface area contributed by atoms with Crippen LogP contribution in [0, 0.1) is 22.6 Å². The Bertz CT molecular complexity index is 737. The summed E-state index contributed by atoms with van der Waals surface area (Å²) in [4.78, 5) is 0. The van der Waals surface area contributed by atoms with E-state index in [0.717, 1.165) is 11.1 Å². The molecule has 25 heavy (non-hydrogen) atoms. The van der Waals surface area contributed by atoms with Gasteiger partial charge < -0.3 is 10.4 Å². The van der Waals surface area contributed by atoms with Crippen LogP contribution in [-0.2, 0) is 0 Å². The number of benzene rings is 2. The third-order valence-electron chi connectivity index (χ3n) is 4.79. The first-order valence-corrected chi connectivity index (χ1v) is 8.47. The average molecular weight is 340 g/mol. The van der Waals surface area contributed by atoms with E-state index in [2.05, 4.69) is 17.4 Å². The predicted octanol–water partition coefficient (Wildman–Crippen LogP) is 4.15. The monoisotopic (exact) mass is 340 g/mol. The number of nitrogens with one attached hydrogen (secondary N) is 1. The molecule has 0 heterocycles. The van der Waals surface area contributed by atoms with E-state index in [1.165, 1.54) is 12.1 Å². The topological polar surface area (TPSA) is 56.0 Å². The predicted molar refractivity (Wildman–Crippen MR) is 97.6 cm³/mol. The molecule has 0 saturated carbocycles. The molecule has 132 valence electrons. The van der Waals surface area contributed by atoms with Crippen molar-refractivity contribution >= 4 is 0 Å². The molecule has 0 radical (unpaired) electrons. The highest BCUT2D eigenvalue weighted by atomic mass is 19.1. The lowest BCUT2D eigenvalue weighted by Crippen LogP contribution is -2.35. The van der Waals surface area contributed by atoms with E-state index in [-0.39, 0.29) is 29.5 Å². The first-order valence-electron chi connectivity index (χ1n) is 8.47. The Morgan fingerprint density at radius 3 is 2.40 bits per heavy atom. The number of nitrogens with zero attached hydrogens (tertiary/aromatic N) is 1. The summed E-state index contributed by atoms with van der Waals surface area (Å²) in [6.45, 7) is 6.78. The standard InChI is InChI=1S/C21H25FN2O/c1-15(17-9-10-18(12-23)20(22)11-17)24-13-19(21(2,3)14-25)16-7-5-4-6-8-16/h4-11,15,19,24-25H,13-14H2,1-3H3. The number of halogens is 1. The fourth-order valence-electron chi connectivity index (χ4n) is 2.94. The van der Waals surface area contributed by atoms with Gasteiger partial charge in [-0.3, -0.25) is 0 Å². The number of rotatable bonds is 7. The second-order valence-corrected chi connectivity index (χ2v) is 7.09. The normalized spacial score (nSPS) is 13.9. The van der Waals surface area contributed by atoms with Crippen molar-refractivity contribution in [2.75, 3.05) is 13.2 Å². The molecule has 0 saturated heterocycles. The summed E-state index contributed by atoms with van der Waals surface area (Å²) < 4.78 is 13.8. The molecule has 3 nitrogen and oxygen atoms in total. The van der Waals surface area contributed by atoms with Crippen LogP contribution in [0.4, 0.5) is 4.39 Å². The molecule has 2 aromatic rings. The quantitative estimate of drug-likeness (QED) is 0.796. The summed E-state index contributed by atoms with van der Waals surface area (Å²) in [6, 6.07) is 16.6. The van der Waals surface area contributed by atoms with Crippen molar-refractivity contribution in [3.63, 3.8) is 0 Å². The second kappa shape index (κ2) is 8.24. The van der Waals surface area contributed by atoms with Crippen molar-refractivity contribution in [1.29, 1.82) is 5.26 Å². The number of aliphatic hydroxyl groups is 1. The summed E-state index contributed by atoms with van der Waals surface area (Å²) >= 11 is 0. The minimum atomic E-state index is -0.496. The van der Waals surface area contributed by atoms with E-state index in [4.69, 9.17) is 5.26 Å². The third kappa shape index (κ3) is 4.66. The maximum Gasteiger partial charge on any atom is 0.141 e. The Hall–Kier alpha value is -2.22. The highest BCUT2D eigenvalue weighted by Crippen LogP contribution is 2.35. The lowest BCUT2D eigenvalue weighted by Gasteiger charge is -2.34. The van der Waals surface area contributed by atoms with Gasteiger partial charge >= 0.3 is 0 Å². The molecule has 0 fully saturated rings. The summed E-state index contributed by atoms with van der Waals surface area (Å²) in [6.07, 6.45) is 0. The van der Waals surface area contributed by atoms with Gasteiger partial charge in [-0.2, -0.15) is 5.26 Å². The molecule has 0 aliphatic carbocycles. The average Bonchev–Trinajstić information content (AvgIpc) is 2.62. The summed E-state index contributed by atoms with van der Waals surface area (Å²) in [7, 11) is 0. The van der Waals surface area contributed by atoms with Crippen molar-refractivity contribution in [2.45, 2.75) is 32.7 Å². The largest absolute Gasteiger partial charge is 0.396 e. The summed E-state index contributed by atoms with van der Waals surface area (Å²) in [5.74, 6) is -0.381. The molecule has 0 bridgehead atoms. The summed E-state index contributed by atoms with van der Waals surface area (Å²) in [5, 5.41) is 22.1. The maximum absolute atomic E-state index is 13.8. The Labute approximate surface area is 149 Å². The van der Waals surface area contributed by atoms with E-state index in [0.29, 0.717) is 6.54 Å². The van der Waals surface area contributed by atoms with Gasteiger partial charge in [0.2, 0.25) is 0 Å². The zero-order chi connectivity index (χ0) is 18.4. The molecule has 2 atom stereocenters. The Kier molecular flexibility index (Phi) is 6.30. The molecule has 2 rings (SSSR count). The van der Waals surface area contributed by atoms with Crippen LogP contribution in [0.5, 0.6) is 0 Å². The zero-order valence-corrected chi connectivity index (χ0v) is 15.0. The minimum absolute atomic E-state index is 0.0551. The van der Waals surface area contributed by atoms with Gasteiger partial charge in [0.15, 0.2) is 0 Å². The Morgan fingerprint density at radius 1 is 1.16 bits per heavy atom. The molecule has 0 amide bonds. The van der Waals surface area contributed by atoms with Crippen molar-refractivity contribution in [1.82, 2.24) is 5.32 Å². The van der Waals surface area contributed by atoms with Gasteiger partial charge in [-0.1, -0.05) is 50.2 Å². The van der Waals surface area contributed by atoms with Crippen LogP contribution < -0.4 is 5.32 Å². The molecule has 2 N–H and O–H groups in total. The van der Waals surface area contributed by atoms with Crippen LogP contribution in [0.25, 0.3) is 0 Å². The van der Waals surface area contributed by atoms with Gasteiger partial charge in [0, 0.05) is 25.1 Å². The maximum atomic E-state index is 13.8. The van der Waals surface area contributed by atoms with Gasteiger partial charge in [-0.15, -0.1) is 0 Å². The minimum Gasteiger partial charge on any atom is -0.396 e. The highest BCUT2D eigenvalue weighted by Gasteiger charge is 2.30. The lowest BCUT2D eigenvalue weighted by atomic mass is 9.75. The Balaban J connectivity index is 2.15. The first-order chi connectivity index (χ1) is 11.9. The molecular weight excluding hydrogens is 315 g/mol. The van der Waals surface area contributed by atoms with Crippen LogP contribution >= 0.6 is 0 Å². The molecule has 4 heteroatoms. The fourth-order valence-corrected chi connectivity index (χ4v) is 2.94. The smallest absolute Gasteiger partial charge is 0.141 e. The molecule has 0 aliphatic rings. The molecule has 2 aromatic carbocycles. The number of hydrogen-bond acceptors (Lipinski definition) is 3. The zero-order valence-electron chi connectivity index (χ0n) is 15.0. The Morgan fingerprint density at radius 2 is 1.84 bits per heavy atom. The molecule has 0 aromatic heterocycles. The van der Waals surface area contributed by atoms with E-state index in [9.17, 15) is 9.50 Å². The molecule has 2 unspecified atom stereocenters. The second-order valence-electron chi connectivity index (χ2n) is 7.09. The van der Waals surface area contributed by atoms with E-state index in [1.807, 2.05) is 45.0 Å². The number of aliphatic hydroxyl groups excluding tert-OH is 1. The van der Waals surface area contributed by atoms with E-state index < -0.39 is 5.82 Å². The molecule has 0 aliphatic heterocycles. The number of hydrogen-bond donors (Lipinski definition) is 2. The van der Waals surface area contributed by atoms with Crippen LogP contribution in [-0.4, -0.2) is 18.3 Å². The fraction of sp³-hybridized carbons (Fsp3) is 0.381. The SMILES string of the molecule is CC(NCC(c1ccccc1)C(C)(C)CO)c1ccc(C#N)c(F)c1.